The lowest BCUT2D eigenvalue weighted by Gasteiger charge is -2.42. The molecular weight excluding hydrogens is 552 g/mol. The summed E-state index contributed by atoms with van der Waals surface area (Å²) in [6.45, 7) is 2.68. The monoisotopic (exact) mass is 580 g/mol. The molecule has 15 nitrogen and oxygen atoms in total. The van der Waals surface area contributed by atoms with E-state index >= 15 is 0 Å². The summed E-state index contributed by atoms with van der Waals surface area (Å²) in [4.78, 5) is 47.7. The first-order valence-electron chi connectivity index (χ1n) is 10.9. The SMILES string of the molecule is COC(=O)[C@H]1O[C@@H](S(=O)(=O)NCCc2ccc(S(N)(=O)=O)cc2)[C@H](OC(C)=O)[C@@H](OC(C)=O)[C@@H]1OC(C)=O. The summed E-state index contributed by atoms with van der Waals surface area (Å²) < 4.78 is 76.9. The molecule has 0 aromatic heterocycles. The van der Waals surface area contributed by atoms with Gasteiger partial charge >= 0.3 is 23.9 Å². The first kappa shape index (κ1) is 31.1. The number of ether oxygens (including phenoxy) is 5. The number of carbonyl (C=O) groups excluding carboxylic acids is 4. The summed E-state index contributed by atoms with van der Waals surface area (Å²) in [5.74, 6) is -4.02. The first-order valence-corrected chi connectivity index (χ1v) is 14.0. The summed E-state index contributed by atoms with van der Waals surface area (Å²) in [5, 5.41) is 5.05. The number of benzene rings is 1. The Hall–Kier alpha value is -3.12. The maximum Gasteiger partial charge on any atom is 0.339 e. The molecule has 1 saturated heterocycles. The third-order valence-electron chi connectivity index (χ3n) is 5.11. The predicted octanol–water partition coefficient (Wildman–Crippen LogP) is -1.51. The van der Waals surface area contributed by atoms with E-state index in [1.807, 2.05) is 0 Å². The van der Waals surface area contributed by atoms with E-state index in [4.69, 9.17) is 24.1 Å². The third kappa shape index (κ3) is 8.19. The zero-order valence-corrected chi connectivity index (χ0v) is 22.4. The quantitative estimate of drug-likeness (QED) is 0.238. The molecule has 38 heavy (non-hydrogen) atoms. The number of methoxy groups -OCH3 is 1. The highest BCUT2D eigenvalue weighted by atomic mass is 32.2. The van der Waals surface area contributed by atoms with E-state index in [0.717, 1.165) is 27.9 Å². The molecular formula is C21H28N2O13S2. The van der Waals surface area contributed by atoms with Gasteiger partial charge in [0.15, 0.2) is 24.4 Å². The van der Waals surface area contributed by atoms with E-state index in [1.165, 1.54) is 24.3 Å². The lowest BCUT2D eigenvalue weighted by molar-refractivity contribution is -0.236. The van der Waals surface area contributed by atoms with Crippen LogP contribution in [0.15, 0.2) is 29.2 Å². The highest BCUT2D eigenvalue weighted by molar-refractivity contribution is 7.90. The van der Waals surface area contributed by atoms with Crippen molar-refractivity contribution in [3.8, 4) is 0 Å². The van der Waals surface area contributed by atoms with E-state index in [1.54, 1.807) is 0 Å². The second kappa shape index (κ2) is 12.6. The van der Waals surface area contributed by atoms with E-state index in [0.29, 0.717) is 5.56 Å². The van der Waals surface area contributed by atoms with Crippen LogP contribution in [0.5, 0.6) is 0 Å². The predicted molar refractivity (Wildman–Crippen MR) is 126 cm³/mol. The Balaban J connectivity index is 2.37. The van der Waals surface area contributed by atoms with Crippen LogP contribution in [0.25, 0.3) is 0 Å². The molecule has 1 aromatic carbocycles. The molecule has 2 rings (SSSR count). The molecule has 0 aliphatic carbocycles. The lowest BCUT2D eigenvalue weighted by atomic mass is 9.99. The summed E-state index contributed by atoms with van der Waals surface area (Å²) in [6.07, 6.45) is -7.11. The fourth-order valence-corrected chi connectivity index (χ4v) is 5.49. The van der Waals surface area contributed by atoms with Gasteiger partial charge in [-0.1, -0.05) is 12.1 Å². The Kier molecular flexibility index (Phi) is 10.3. The van der Waals surface area contributed by atoms with Gasteiger partial charge in [0.25, 0.3) is 0 Å². The fraction of sp³-hybridized carbons (Fsp3) is 0.524. The first-order chi connectivity index (χ1) is 17.6. The molecule has 1 aliphatic heterocycles. The van der Waals surface area contributed by atoms with Gasteiger partial charge in [-0.2, -0.15) is 0 Å². The summed E-state index contributed by atoms with van der Waals surface area (Å²) in [5.41, 5.74) is -1.56. The Morgan fingerprint density at radius 1 is 0.868 bits per heavy atom. The maximum absolute atomic E-state index is 13.2. The Morgan fingerprint density at radius 2 is 1.37 bits per heavy atom. The average Bonchev–Trinajstić information content (AvgIpc) is 2.79. The summed E-state index contributed by atoms with van der Waals surface area (Å²) >= 11 is 0. The van der Waals surface area contributed by atoms with E-state index < -0.39 is 73.8 Å². The van der Waals surface area contributed by atoms with Gasteiger partial charge < -0.3 is 23.7 Å². The number of sulfonamides is 2. The number of hydrogen-bond acceptors (Lipinski definition) is 13. The normalized spacial score (nSPS) is 23.7. The summed E-state index contributed by atoms with van der Waals surface area (Å²) in [6, 6.07) is 5.36. The number of nitrogens with one attached hydrogen (secondary N) is 1. The molecule has 0 bridgehead atoms. The molecule has 0 radical (unpaired) electrons. The highest BCUT2D eigenvalue weighted by Gasteiger charge is 2.58. The van der Waals surface area contributed by atoms with Crippen LogP contribution in [0.4, 0.5) is 0 Å². The molecule has 0 saturated carbocycles. The van der Waals surface area contributed by atoms with Crippen LogP contribution in [-0.2, 0) is 69.3 Å². The molecule has 5 atom stereocenters. The van der Waals surface area contributed by atoms with Crippen molar-refractivity contribution in [3.05, 3.63) is 29.8 Å². The van der Waals surface area contributed by atoms with Crippen molar-refractivity contribution >= 4 is 43.9 Å². The average molecular weight is 581 g/mol. The third-order valence-corrected chi connectivity index (χ3v) is 7.64. The Bertz CT molecular complexity index is 1260. The zero-order chi connectivity index (χ0) is 28.8. The van der Waals surface area contributed by atoms with E-state index in [2.05, 4.69) is 9.46 Å². The second-order valence-electron chi connectivity index (χ2n) is 8.05. The van der Waals surface area contributed by atoms with Gasteiger partial charge in [-0.3, -0.25) is 14.4 Å². The zero-order valence-electron chi connectivity index (χ0n) is 20.8. The maximum atomic E-state index is 13.2. The van der Waals surface area contributed by atoms with Crippen LogP contribution in [-0.4, -0.2) is 84.2 Å². The molecule has 1 aromatic rings. The van der Waals surface area contributed by atoms with Gasteiger partial charge in [0.2, 0.25) is 25.5 Å². The number of rotatable bonds is 10. The van der Waals surface area contributed by atoms with Crippen molar-refractivity contribution in [2.24, 2.45) is 5.14 Å². The van der Waals surface area contributed by atoms with Crippen LogP contribution in [0.3, 0.4) is 0 Å². The number of carbonyl (C=O) groups is 4. The van der Waals surface area contributed by atoms with Gasteiger partial charge in [0, 0.05) is 27.3 Å². The van der Waals surface area contributed by atoms with Crippen LogP contribution in [0.1, 0.15) is 26.3 Å². The molecule has 0 amide bonds. The van der Waals surface area contributed by atoms with Gasteiger partial charge in [0.1, 0.15) is 0 Å². The fourth-order valence-electron chi connectivity index (χ4n) is 3.60. The van der Waals surface area contributed by atoms with Gasteiger partial charge in [0.05, 0.1) is 12.0 Å². The highest BCUT2D eigenvalue weighted by Crippen LogP contribution is 2.31. The van der Waals surface area contributed by atoms with Crippen molar-refractivity contribution in [2.45, 2.75) is 61.9 Å². The van der Waals surface area contributed by atoms with E-state index in [-0.39, 0.29) is 17.9 Å². The molecule has 0 spiro atoms. The number of nitrogens with two attached hydrogens (primary N) is 1. The van der Waals surface area contributed by atoms with Gasteiger partial charge in [-0.15, -0.1) is 0 Å². The molecule has 1 heterocycles. The molecule has 17 heteroatoms. The largest absolute Gasteiger partial charge is 0.467 e. The number of hydrogen-bond donors (Lipinski definition) is 2. The van der Waals surface area contributed by atoms with Gasteiger partial charge in [-0.25, -0.2) is 31.5 Å². The lowest BCUT2D eigenvalue weighted by Crippen LogP contribution is -2.66. The van der Waals surface area contributed by atoms with Crippen molar-refractivity contribution in [2.75, 3.05) is 13.7 Å². The van der Waals surface area contributed by atoms with Crippen LogP contribution < -0.4 is 9.86 Å². The standard InChI is InChI=1S/C21H28N2O13S2/c1-11(24)33-16-17(34-12(2)25)19(35-13(3)26)21(36-18(16)20(27)32-4)38(30,31)23-10-9-14-5-7-15(8-6-14)37(22,28)29/h5-8,16-19,21,23H,9-10H2,1-4H3,(H2,22,28,29)/t16-,17-,18-,19+,21-/m0/s1. The Morgan fingerprint density at radius 3 is 1.84 bits per heavy atom. The Labute approximate surface area is 219 Å². The molecule has 212 valence electrons. The minimum absolute atomic E-state index is 0.0823. The molecule has 3 N–H and O–H groups in total. The second-order valence-corrected chi connectivity index (χ2v) is 11.5. The number of primary sulfonamides is 1. The number of esters is 4. The summed E-state index contributed by atoms with van der Waals surface area (Å²) in [7, 11) is -7.52. The molecule has 0 unspecified atom stereocenters. The van der Waals surface area contributed by atoms with Crippen molar-refractivity contribution in [1.82, 2.24) is 4.72 Å². The minimum Gasteiger partial charge on any atom is -0.467 e. The van der Waals surface area contributed by atoms with Crippen molar-refractivity contribution < 1.29 is 59.7 Å². The smallest absolute Gasteiger partial charge is 0.339 e. The minimum atomic E-state index is -4.58. The van der Waals surface area contributed by atoms with E-state index in [9.17, 15) is 36.0 Å². The van der Waals surface area contributed by atoms with Crippen LogP contribution in [0, 0.1) is 0 Å². The van der Waals surface area contributed by atoms with Crippen molar-refractivity contribution in [3.63, 3.8) is 0 Å². The van der Waals surface area contributed by atoms with Crippen LogP contribution in [0.2, 0.25) is 0 Å². The molecule has 1 aliphatic rings. The van der Waals surface area contributed by atoms with Gasteiger partial charge in [-0.05, 0) is 24.1 Å². The van der Waals surface area contributed by atoms with Crippen LogP contribution >= 0.6 is 0 Å². The molecule has 1 fully saturated rings. The van der Waals surface area contributed by atoms with Crippen molar-refractivity contribution in [1.29, 1.82) is 0 Å². The topological polar surface area (TPSA) is 221 Å².